The van der Waals surface area contributed by atoms with Crippen LogP contribution in [0.15, 0.2) is 22.7 Å². The van der Waals surface area contributed by atoms with E-state index in [1.54, 1.807) is 6.07 Å². The molecule has 1 aromatic carbocycles. The van der Waals surface area contributed by atoms with E-state index in [0.29, 0.717) is 6.54 Å². The molecule has 6 heteroatoms. The number of imidazole rings is 1. The molecule has 0 aliphatic rings. The topological polar surface area (TPSA) is 55.9 Å². The molecule has 110 valence electrons. The summed E-state index contributed by atoms with van der Waals surface area (Å²) < 4.78 is 20.3. The Morgan fingerprint density at radius 3 is 2.86 bits per heavy atom. The number of hydrogen-bond acceptors (Lipinski definition) is 4. The standard InChI is InChI=1S/C15H17FN4O/c1-9-12(10(2)21-19-9)6-7-17-15-18-13-5-4-11(16)8-14(13)20(15)3/h4-5,8H,6-7H2,1-3H3,(H,17,18). The summed E-state index contributed by atoms with van der Waals surface area (Å²) in [5.41, 5.74) is 3.59. The number of aryl methyl sites for hydroxylation is 3. The lowest BCUT2D eigenvalue weighted by atomic mass is 10.1. The Labute approximate surface area is 121 Å². The van der Waals surface area contributed by atoms with Gasteiger partial charge < -0.3 is 14.4 Å². The Bertz CT molecular complexity index is 771. The van der Waals surface area contributed by atoms with E-state index in [4.69, 9.17) is 4.52 Å². The molecule has 5 nitrogen and oxygen atoms in total. The molecule has 0 spiro atoms. The van der Waals surface area contributed by atoms with Gasteiger partial charge in [0.05, 0.1) is 16.7 Å². The van der Waals surface area contributed by atoms with Crippen molar-refractivity contribution >= 4 is 17.0 Å². The fourth-order valence-corrected chi connectivity index (χ4v) is 2.48. The van der Waals surface area contributed by atoms with Crippen LogP contribution in [0.4, 0.5) is 10.3 Å². The molecule has 0 amide bonds. The van der Waals surface area contributed by atoms with Crippen LogP contribution in [0.1, 0.15) is 17.0 Å². The molecule has 0 atom stereocenters. The van der Waals surface area contributed by atoms with E-state index in [2.05, 4.69) is 15.5 Å². The number of aromatic nitrogens is 3. The average molecular weight is 288 g/mol. The summed E-state index contributed by atoms with van der Waals surface area (Å²) in [4.78, 5) is 4.46. The molecule has 0 aliphatic carbocycles. The first-order valence-electron chi connectivity index (χ1n) is 6.84. The van der Waals surface area contributed by atoms with E-state index >= 15 is 0 Å². The summed E-state index contributed by atoms with van der Waals surface area (Å²) in [6.07, 6.45) is 0.804. The van der Waals surface area contributed by atoms with Crippen LogP contribution >= 0.6 is 0 Å². The van der Waals surface area contributed by atoms with Crippen molar-refractivity contribution in [3.8, 4) is 0 Å². The maximum atomic E-state index is 13.3. The molecule has 2 heterocycles. The number of hydrogen-bond donors (Lipinski definition) is 1. The van der Waals surface area contributed by atoms with Crippen LogP contribution in [0.2, 0.25) is 0 Å². The minimum absolute atomic E-state index is 0.257. The third-order valence-electron chi connectivity index (χ3n) is 3.68. The summed E-state index contributed by atoms with van der Waals surface area (Å²) in [5.74, 6) is 1.32. The van der Waals surface area contributed by atoms with E-state index in [9.17, 15) is 4.39 Å². The number of rotatable bonds is 4. The van der Waals surface area contributed by atoms with E-state index < -0.39 is 0 Å². The normalized spacial score (nSPS) is 11.2. The molecule has 2 aromatic heterocycles. The van der Waals surface area contributed by atoms with Crippen molar-refractivity contribution in [3.63, 3.8) is 0 Å². The molecule has 3 aromatic rings. The maximum Gasteiger partial charge on any atom is 0.203 e. The fraction of sp³-hybridized carbons (Fsp3) is 0.333. The lowest BCUT2D eigenvalue weighted by molar-refractivity contribution is 0.392. The van der Waals surface area contributed by atoms with Gasteiger partial charge >= 0.3 is 0 Å². The van der Waals surface area contributed by atoms with Gasteiger partial charge in [-0.25, -0.2) is 9.37 Å². The fourth-order valence-electron chi connectivity index (χ4n) is 2.48. The lowest BCUT2D eigenvalue weighted by Gasteiger charge is -2.06. The third kappa shape index (κ3) is 2.49. The van der Waals surface area contributed by atoms with Gasteiger partial charge in [-0.05, 0) is 38.5 Å². The van der Waals surface area contributed by atoms with Crippen LogP contribution in [-0.4, -0.2) is 21.3 Å². The monoisotopic (exact) mass is 288 g/mol. The summed E-state index contributed by atoms with van der Waals surface area (Å²) in [7, 11) is 1.87. The molecule has 0 fully saturated rings. The van der Waals surface area contributed by atoms with E-state index in [1.165, 1.54) is 12.1 Å². The largest absolute Gasteiger partial charge is 0.361 e. The van der Waals surface area contributed by atoms with Gasteiger partial charge in [-0.2, -0.15) is 0 Å². The van der Waals surface area contributed by atoms with Crippen molar-refractivity contribution in [3.05, 3.63) is 41.0 Å². The second-order valence-electron chi connectivity index (χ2n) is 5.11. The molecule has 0 bridgehead atoms. The zero-order valence-electron chi connectivity index (χ0n) is 12.3. The number of halogens is 1. The van der Waals surface area contributed by atoms with Gasteiger partial charge in [0, 0.05) is 19.2 Å². The van der Waals surface area contributed by atoms with Crippen LogP contribution in [-0.2, 0) is 13.5 Å². The highest BCUT2D eigenvalue weighted by Crippen LogP contribution is 2.19. The number of nitrogens with one attached hydrogen (secondary N) is 1. The first-order chi connectivity index (χ1) is 10.1. The number of anilines is 1. The van der Waals surface area contributed by atoms with Gasteiger partial charge in [0.2, 0.25) is 5.95 Å². The van der Waals surface area contributed by atoms with Crippen LogP contribution in [0, 0.1) is 19.7 Å². The Hall–Kier alpha value is -2.37. The van der Waals surface area contributed by atoms with Gasteiger partial charge in [0.25, 0.3) is 0 Å². The summed E-state index contributed by atoms with van der Waals surface area (Å²) in [6.45, 7) is 4.55. The van der Waals surface area contributed by atoms with Gasteiger partial charge in [-0.15, -0.1) is 0 Å². The summed E-state index contributed by atoms with van der Waals surface area (Å²) in [6, 6.07) is 4.59. The summed E-state index contributed by atoms with van der Waals surface area (Å²) >= 11 is 0. The van der Waals surface area contributed by atoms with Crippen molar-refractivity contribution in [2.24, 2.45) is 7.05 Å². The Balaban J connectivity index is 1.75. The molecule has 3 rings (SSSR count). The first-order valence-corrected chi connectivity index (χ1v) is 6.84. The third-order valence-corrected chi connectivity index (χ3v) is 3.68. The highest BCUT2D eigenvalue weighted by molar-refractivity contribution is 5.78. The summed E-state index contributed by atoms with van der Waals surface area (Å²) in [5, 5.41) is 7.21. The predicted octanol–water partition coefficient (Wildman–Crippen LogP) is 2.97. The van der Waals surface area contributed by atoms with Gasteiger partial charge in [0.15, 0.2) is 0 Å². The van der Waals surface area contributed by atoms with E-state index in [-0.39, 0.29) is 5.82 Å². The van der Waals surface area contributed by atoms with Crippen molar-refractivity contribution in [2.45, 2.75) is 20.3 Å². The second-order valence-corrected chi connectivity index (χ2v) is 5.11. The van der Waals surface area contributed by atoms with Crippen LogP contribution in [0.25, 0.3) is 11.0 Å². The van der Waals surface area contributed by atoms with Gasteiger partial charge in [-0.1, -0.05) is 5.16 Å². The van der Waals surface area contributed by atoms with Crippen molar-refractivity contribution in [2.75, 3.05) is 11.9 Å². The molecule has 0 radical (unpaired) electrons. The maximum absolute atomic E-state index is 13.3. The SMILES string of the molecule is Cc1noc(C)c1CCNc1nc2ccc(F)cc2n1C. The Morgan fingerprint density at radius 1 is 1.33 bits per heavy atom. The van der Waals surface area contributed by atoms with Crippen molar-refractivity contribution in [1.29, 1.82) is 0 Å². The number of nitrogens with zero attached hydrogens (tertiary/aromatic N) is 3. The number of fused-ring (bicyclic) bond motifs is 1. The van der Waals surface area contributed by atoms with Gasteiger partial charge in [-0.3, -0.25) is 0 Å². The van der Waals surface area contributed by atoms with E-state index in [0.717, 1.165) is 40.4 Å². The smallest absolute Gasteiger partial charge is 0.203 e. The van der Waals surface area contributed by atoms with Crippen molar-refractivity contribution in [1.82, 2.24) is 14.7 Å². The molecule has 1 N–H and O–H groups in total. The quantitative estimate of drug-likeness (QED) is 0.802. The molecular formula is C15H17FN4O. The minimum atomic E-state index is -0.257. The predicted molar refractivity (Wildman–Crippen MR) is 78.8 cm³/mol. The van der Waals surface area contributed by atoms with Crippen LogP contribution in [0.5, 0.6) is 0 Å². The van der Waals surface area contributed by atoms with Crippen LogP contribution < -0.4 is 5.32 Å². The molecule has 21 heavy (non-hydrogen) atoms. The van der Waals surface area contributed by atoms with Crippen molar-refractivity contribution < 1.29 is 8.91 Å². The molecule has 0 aliphatic heterocycles. The molecule has 0 saturated carbocycles. The van der Waals surface area contributed by atoms with E-state index in [1.807, 2.05) is 25.5 Å². The average Bonchev–Trinajstić information content (AvgIpc) is 2.94. The number of benzene rings is 1. The highest BCUT2D eigenvalue weighted by atomic mass is 19.1. The van der Waals surface area contributed by atoms with Gasteiger partial charge in [0.1, 0.15) is 11.6 Å². The minimum Gasteiger partial charge on any atom is -0.361 e. The Morgan fingerprint density at radius 2 is 2.14 bits per heavy atom. The van der Waals surface area contributed by atoms with Crippen LogP contribution in [0.3, 0.4) is 0 Å². The Kier molecular flexibility index (Phi) is 3.37. The molecule has 0 saturated heterocycles. The zero-order valence-corrected chi connectivity index (χ0v) is 12.3. The molecular weight excluding hydrogens is 271 g/mol. The first kappa shape index (κ1) is 13.6. The lowest BCUT2D eigenvalue weighted by Crippen LogP contribution is -2.09. The zero-order chi connectivity index (χ0) is 15.0. The highest BCUT2D eigenvalue weighted by Gasteiger charge is 2.11. The molecule has 0 unspecified atom stereocenters. The second kappa shape index (κ2) is 5.20.